The van der Waals surface area contributed by atoms with Crippen molar-refractivity contribution in [2.75, 3.05) is 0 Å². The zero-order chi connectivity index (χ0) is 24.8. The van der Waals surface area contributed by atoms with Gasteiger partial charge in [0.2, 0.25) is 0 Å². The molecule has 1 heterocycles. The first kappa shape index (κ1) is 24.9. The number of hydrazone groups is 1. The lowest BCUT2D eigenvalue weighted by atomic mass is 10.0. The van der Waals surface area contributed by atoms with Crippen molar-refractivity contribution in [1.82, 2.24) is 15.3 Å². The van der Waals surface area contributed by atoms with Crippen molar-refractivity contribution in [3.63, 3.8) is 0 Å². The molecule has 2 aromatic carbocycles. The molecule has 0 bridgehead atoms. The first-order valence-corrected chi connectivity index (χ1v) is 10.9. The summed E-state index contributed by atoms with van der Waals surface area (Å²) in [6, 6.07) is 13.2. The Morgan fingerprint density at radius 1 is 1.12 bits per heavy atom. The van der Waals surface area contributed by atoms with Gasteiger partial charge in [0, 0.05) is 29.0 Å². The molecule has 9 nitrogen and oxygen atoms in total. The number of carbonyl (C=O) groups is 2. The maximum absolute atomic E-state index is 12.7. The van der Waals surface area contributed by atoms with Crippen LogP contribution < -0.4 is 10.7 Å². The molecule has 1 aromatic heterocycles. The molecule has 34 heavy (non-hydrogen) atoms. The maximum Gasteiger partial charge on any atom is 0.269 e. The van der Waals surface area contributed by atoms with Gasteiger partial charge < -0.3 is 9.88 Å². The first-order chi connectivity index (χ1) is 16.2. The average Bonchev–Trinajstić information content (AvgIpc) is 3.25. The number of nitrogens with one attached hydrogen (secondary N) is 2. The van der Waals surface area contributed by atoms with E-state index in [1.807, 2.05) is 0 Å². The number of aromatic nitrogens is 1. The minimum atomic E-state index is -0.863. The molecule has 3 rings (SSSR count). The van der Waals surface area contributed by atoms with Crippen LogP contribution >= 0.6 is 23.2 Å². The molecule has 0 aliphatic carbocycles. The fraction of sp³-hybridized carbons (Fsp3) is 0.174. The highest BCUT2D eigenvalue weighted by molar-refractivity contribution is 6.36. The average molecular weight is 502 g/mol. The Kier molecular flexibility index (Phi) is 8.04. The van der Waals surface area contributed by atoms with Crippen LogP contribution in [0.15, 0.2) is 65.9 Å². The van der Waals surface area contributed by atoms with Gasteiger partial charge in [0.1, 0.15) is 6.04 Å². The number of nitro benzene ring substituents is 1. The van der Waals surface area contributed by atoms with E-state index in [-0.39, 0.29) is 22.2 Å². The van der Waals surface area contributed by atoms with E-state index < -0.39 is 22.8 Å². The van der Waals surface area contributed by atoms with Gasteiger partial charge in [-0.25, -0.2) is 5.43 Å². The standard InChI is InChI=1S/C23H21Cl2N5O4/c1-14(2)21(27-22(31)19-10-5-15(24)12-20(19)25)23(32)28-26-13-18-4-3-11-29(18)16-6-8-17(9-7-16)30(33)34/h3-14,21H,1-2H3,(H,27,31)(H,28,32)/b26-13-. The fourth-order valence-corrected chi connectivity index (χ4v) is 3.62. The summed E-state index contributed by atoms with van der Waals surface area (Å²) in [5.74, 6) is -1.24. The summed E-state index contributed by atoms with van der Waals surface area (Å²) in [5.41, 5.74) is 3.96. The second-order valence-electron chi connectivity index (χ2n) is 7.63. The molecule has 176 valence electrons. The van der Waals surface area contributed by atoms with Crippen LogP contribution in [0.2, 0.25) is 10.0 Å². The van der Waals surface area contributed by atoms with Crippen molar-refractivity contribution in [3.8, 4) is 5.69 Å². The number of rotatable bonds is 8. The van der Waals surface area contributed by atoms with Crippen LogP contribution in [0.5, 0.6) is 0 Å². The van der Waals surface area contributed by atoms with Gasteiger partial charge in [-0.2, -0.15) is 5.10 Å². The minimum absolute atomic E-state index is 0.0138. The number of nitro groups is 1. The minimum Gasteiger partial charge on any atom is -0.340 e. The van der Waals surface area contributed by atoms with E-state index in [1.165, 1.54) is 36.5 Å². The molecule has 0 saturated heterocycles. The van der Waals surface area contributed by atoms with Crippen molar-refractivity contribution in [2.45, 2.75) is 19.9 Å². The maximum atomic E-state index is 12.7. The monoisotopic (exact) mass is 501 g/mol. The summed E-state index contributed by atoms with van der Waals surface area (Å²) in [6.45, 7) is 3.58. The smallest absolute Gasteiger partial charge is 0.269 e. The van der Waals surface area contributed by atoms with Gasteiger partial charge in [-0.3, -0.25) is 19.7 Å². The predicted molar refractivity (Wildman–Crippen MR) is 131 cm³/mol. The molecule has 0 radical (unpaired) electrons. The third-order valence-electron chi connectivity index (χ3n) is 4.90. The molecule has 0 saturated carbocycles. The summed E-state index contributed by atoms with van der Waals surface area (Å²) >= 11 is 12.0. The van der Waals surface area contributed by atoms with Crippen molar-refractivity contribution in [1.29, 1.82) is 0 Å². The van der Waals surface area contributed by atoms with Crippen molar-refractivity contribution in [3.05, 3.63) is 92.2 Å². The number of hydrogen-bond donors (Lipinski definition) is 2. The lowest BCUT2D eigenvalue weighted by Crippen LogP contribution is -2.48. The van der Waals surface area contributed by atoms with E-state index in [9.17, 15) is 19.7 Å². The van der Waals surface area contributed by atoms with Gasteiger partial charge in [0.25, 0.3) is 17.5 Å². The van der Waals surface area contributed by atoms with Gasteiger partial charge >= 0.3 is 0 Å². The van der Waals surface area contributed by atoms with E-state index >= 15 is 0 Å². The Morgan fingerprint density at radius 2 is 1.82 bits per heavy atom. The molecule has 0 spiro atoms. The number of carbonyl (C=O) groups excluding carboxylic acids is 2. The predicted octanol–water partition coefficient (Wildman–Crippen LogP) is 4.60. The molecule has 2 N–H and O–H groups in total. The summed E-state index contributed by atoms with van der Waals surface area (Å²) in [5, 5.41) is 18.1. The van der Waals surface area contributed by atoms with Crippen molar-refractivity contribution >= 4 is 46.9 Å². The normalized spacial score (nSPS) is 12.0. The third-order valence-corrected chi connectivity index (χ3v) is 5.45. The van der Waals surface area contributed by atoms with Gasteiger partial charge in [0.05, 0.1) is 27.4 Å². The van der Waals surface area contributed by atoms with Crippen molar-refractivity contribution in [2.24, 2.45) is 11.0 Å². The van der Waals surface area contributed by atoms with Crippen LogP contribution in [0.3, 0.4) is 0 Å². The van der Waals surface area contributed by atoms with E-state index in [2.05, 4.69) is 15.8 Å². The quantitative estimate of drug-likeness (QED) is 0.266. The second-order valence-corrected chi connectivity index (χ2v) is 8.47. The van der Waals surface area contributed by atoms with E-state index in [1.54, 1.807) is 48.9 Å². The van der Waals surface area contributed by atoms with E-state index in [0.29, 0.717) is 16.4 Å². The molecule has 1 unspecified atom stereocenters. The molecule has 11 heteroatoms. The second kappa shape index (κ2) is 11.0. The molecule has 3 aromatic rings. The first-order valence-electron chi connectivity index (χ1n) is 10.2. The summed E-state index contributed by atoms with van der Waals surface area (Å²) in [4.78, 5) is 35.7. The lowest BCUT2D eigenvalue weighted by Gasteiger charge is -2.20. The van der Waals surface area contributed by atoms with Crippen LogP contribution in [-0.4, -0.2) is 33.6 Å². The van der Waals surface area contributed by atoms with Crippen LogP contribution in [0.4, 0.5) is 5.69 Å². The molecule has 0 aliphatic heterocycles. The molecular weight excluding hydrogens is 481 g/mol. The van der Waals surface area contributed by atoms with Crippen molar-refractivity contribution < 1.29 is 14.5 Å². The molecular formula is C23H21Cl2N5O4. The Hall–Kier alpha value is -3.69. The lowest BCUT2D eigenvalue weighted by molar-refractivity contribution is -0.384. The Balaban J connectivity index is 1.69. The number of nitrogens with zero attached hydrogens (tertiary/aromatic N) is 3. The molecule has 0 fully saturated rings. The van der Waals surface area contributed by atoms with Gasteiger partial charge in [-0.15, -0.1) is 0 Å². The summed E-state index contributed by atoms with van der Waals surface area (Å²) in [7, 11) is 0. The number of benzene rings is 2. The summed E-state index contributed by atoms with van der Waals surface area (Å²) in [6.07, 6.45) is 3.20. The van der Waals surface area contributed by atoms with Crippen LogP contribution in [0.25, 0.3) is 5.69 Å². The largest absolute Gasteiger partial charge is 0.340 e. The van der Waals surface area contributed by atoms with E-state index in [0.717, 1.165) is 0 Å². The Morgan fingerprint density at radius 3 is 2.44 bits per heavy atom. The number of amides is 2. The number of hydrogen-bond acceptors (Lipinski definition) is 5. The zero-order valence-corrected chi connectivity index (χ0v) is 19.7. The van der Waals surface area contributed by atoms with E-state index in [4.69, 9.17) is 23.2 Å². The number of non-ortho nitro benzene ring substituents is 1. The molecule has 0 aliphatic rings. The fourth-order valence-electron chi connectivity index (χ4n) is 3.13. The van der Waals surface area contributed by atoms with Crippen LogP contribution in [0, 0.1) is 16.0 Å². The molecule has 1 atom stereocenters. The highest BCUT2D eigenvalue weighted by Gasteiger charge is 2.25. The highest BCUT2D eigenvalue weighted by Crippen LogP contribution is 2.21. The zero-order valence-electron chi connectivity index (χ0n) is 18.2. The van der Waals surface area contributed by atoms with Crippen LogP contribution in [0.1, 0.15) is 29.9 Å². The molecule has 2 amide bonds. The van der Waals surface area contributed by atoms with Gasteiger partial charge in [-0.1, -0.05) is 37.0 Å². The van der Waals surface area contributed by atoms with Gasteiger partial charge in [-0.05, 0) is 48.4 Å². The highest BCUT2D eigenvalue weighted by atomic mass is 35.5. The van der Waals surface area contributed by atoms with Gasteiger partial charge in [0.15, 0.2) is 0 Å². The Bertz CT molecular complexity index is 1240. The third kappa shape index (κ3) is 6.00. The summed E-state index contributed by atoms with van der Waals surface area (Å²) < 4.78 is 1.75. The van der Waals surface area contributed by atoms with Crippen LogP contribution in [-0.2, 0) is 4.79 Å². The Labute approximate surface area is 205 Å². The topological polar surface area (TPSA) is 119 Å². The number of halogens is 2. The SMILES string of the molecule is CC(C)C(NC(=O)c1ccc(Cl)cc1Cl)C(=O)N/N=C\c1cccn1-c1ccc([N+](=O)[O-])cc1.